The largest absolute Gasteiger partial charge is 0.298 e. The van der Waals surface area contributed by atoms with Crippen LogP contribution in [0.5, 0.6) is 0 Å². The predicted molar refractivity (Wildman–Crippen MR) is 79.5 cm³/mol. The van der Waals surface area contributed by atoms with Crippen LogP contribution in [0.4, 0.5) is 0 Å². The highest BCUT2D eigenvalue weighted by Crippen LogP contribution is 2.51. The van der Waals surface area contributed by atoms with E-state index in [1.807, 2.05) is 35.0 Å². The number of rotatable bonds is 4. The van der Waals surface area contributed by atoms with Crippen molar-refractivity contribution < 1.29 is 4.79 Å². The summed E-state index contributed by atoms with van der Waals surface area (Å²) >= 11 is 9.19. The van der Waals surface area contributed by atoms with Gasteiger partial charge in [0.25, 0.3) is 0 Å². The molecule has 5 heteroatoms. The molecule has 0 aliphatic heterocycles. The molecule has 0 N–H and O–H groups in total. The van der Waals surface area contributed by atoms with Crippen molar-refractivity contribution in [1.29, 1.82) is 0 Å². The van der Waals surface area contributed by atoms with Crippen molar-refractivity contribution in [2.45, 2.75) is 4.90 Å². The fourth-order valence-electron chi connectivity index (χ4n) is 1.31. The third kappa shape index (κ3) is 3.32. The highest BCUT2D eigenvalue weighted by Gasteiger charge is 2.10. The van der Waals surface area contributed by atoms with E-state index in [9.17, 15) is 4.79 Å². The Morgan fingerprint density at radius 3 is 2.65 bits per heavy atom. The van der Waals surface area contributed by atoms with E-state index in [0.717, 1.165) is 21.8 Å². The maximum Gasteiger partial charge on any atom is 0.152 e. The number of halogens is 1. The molecule has 1 nitrogen and oxygen atoms in total. The Labute approximate surface area is 115 Å². The molecule has 0 bridgehead atoms. The van der Waals surface area contributed by atoms with Gasteiger partial charge in [-0.15, -0.1) is 0 Å². The molecule has 0 saturated carbocycles. The maximum absolute atomic E-state index is 10.8. The maximum atomic E-state index is 10.8. The molecule has 1 aromatic carbocycles. The van der Waals surface area contributed by atoms with E-state index in [4.69, 9.17) is 11.6 Å². The summed E-state index contributed by atoms with van der Waals surface area (Å²) in [5.41, 5.74) is 0.795. The molecule has 0 saturated heterocycles. The number of benzene rings is 1. The van der Waals surface area contributed by atoms with Gasteiger partial charge in [0.1, 0.15) is 0 Å². The first-order valence-corrected chi connectivity index (χ1v) is 9.42. The third-order valence-corrected chi connectivity index (χ3v) is 7.26. The van der Waals surface area contributed by atoms with Crippen molar-refractivity contribution in [2.75, 3.05) is 6.66 Å². The van der Waals surface area contributed by atoms with E-state index < -0.39 is 0 Å². The quantitative estimate of drug-likeness (QED) is 0.603. The van der Waals surface area contributed by atoms with Crippen molar-refractivity contribution in [3.05, 3.63) is 45.6 Å². The molecular formula is C12H10ClOPS2. The van der Waals surface area contributed by atoms with Crippen LogP contribution >= 0.6 is 41.4 Å². The minimum Gasteiger partial charge on any atom is -0.298 e. The van der Waals surface area contributed by atoms with Gasteiger partial charge in [-0.1, -0.05) is 35.1 Å². The SMILES string of the molecule is CP(Sc1cscc1C=O)c1ccc(Cl)cc1. The topological polar surface area (TPSA) is 17.1 Å². The lowest BCUT2D eigenvalue weighted by Crippen LogP contribution is -1.95. The van der Waals surface area contributed by atoms with E-state index in [0.29, 0.717) is 0 Å². The van der Waals surface area contributed by atoms with Crippen LogP contribution in [-0.2, 0) is 0 Å². The van der Waals surface area contributed by atoms with Crippen molar-refractivity contribution in [1.82, 2.24) is 0 Å². The molecule has 1 heterocycles. The second kappa shape index (κ2) is 6.01. The van der Waals surface area contributed by atoms with Crippen molar-refractivity contribution in [3.8, 4) is 0 Å². The summed E-state index contributed by atoms with van der Waals surface area (Å²) in [6.45, 7) is 2.19. The highest BCUT2D eigenvalue weighted by atomic mass is 35.5. The Hall–Kier alpha value is -0.340. The molecule has 1 atom stereocenters. The fraction of sp³-hybridized carbons (Fsp3) is 0.0833. The molecule has 0 amide bonds. The number of hydrogen-bond donors (Lipinski definition) is 0. The third-order valence-electron chi connectivity index (χ3n) is 2.21. The Morgan fingerprint density at radius 1 is 1.29 bits per heavy atom. The Morgan fingerprint density at radius 2 is 2.00 bits per heavy atom. The lowest BCUT2D eigenvalue weighted by molar-refractivity contribution is 0.112. The van der Waals surface area contributed by atoms with Gasteiger partial charge in [-0.3, -0.25) is 4.79 Å². The van der Waals surface area contributed by atoms with E-state index in [1.54, 1.807) is 22.7 Å². The van der Waals surface area contributed by atoms with Crippen LogP contribution in [0.25, 0.3) is 0 Å². The zero-order valence-corrected chi connectivity index (χ0v) is 12.4. The molecule has 2 rings (SSSR count). The van der Waals surface area contributed by atoms with Gasteiger partial charge < -0.3 is 0 Å². The predicted octanol–water partition coefficient (Wildman–Crippen LogP) is 4.66. The molecule has 0 aliphatic rings. The van der Waals surface area contributed by atoms with Gasteiger partial charge in [-0.25, -0.2) is 0 Å². The number of hydrogen-bond acceptors (Lipinski definition) is 3. The Kier molecular flexibility index (Phi) is 4.63. The monoisotopic (exact) mass is 300 g/mol. The van der Waals surface area contributed by atoms with E-state index in [2.05, 4.69) is 6.66 Å². The van der Waals surface area contributed by atoms with Gasteiger partial charge in [0.15, 0.2) is 6.29 Å². The Balaban J connectivity index is 2.14. The summed E-state index contributed by atoms with van der Waals surface area (Å²) in [6.07, 6.45) is 0.921. The first-order valence-electron chi connectivity index (χ1n) is 4.89. The lowest BCUT2D eigenvalue weighted by atomic mass is 10.4. The summed E-state index contributed by atoms with van der Waals surface area (Å²) in [4.78, 5) is 11.9. The highest BCUT2D eigenvalue weighted by molar-refractivity contribution is 8.57. The molecule has 0 fully saturated rings. The summed E-state index contributed by atoms with van der Waals surface area (Å²) in [5, 5.41) is 5.95. The van der Waals surface area contributed by atoms with Crippen LogP contribution in [0.15, 0.2) is 39.9 Å². The number of thiophene rings is 1. The fourth-order valence-corrected chi connectivity index (χ4v) is 5.95. The second-order valence-electron chi connectivity index (χ2n) is 3.37. The van der Waals surface area contributed by atoms with Crippen molar-refractivity contribution in [2.24, 2.45) is 0 Å². The normalized spacial score (nSPS) is 12.4. The summed E-state index contributed by atoms with van der Waals surface area (Å²) in [7, 11) is -0.355. The minimum absolute atomic E-state index is 0.355. The van der Waals surface area contributed by atoms with Gasteiger partial charge >= 0.3 is 0 Å². The molecule has 0 spiro atoms. The van der Waals surface area contributed by atoms with Gasteiger partial charge in [0.2, 0.25) is 0 Å². The van der Waals surface area contributed by atoms with Crippen LogP contribution in [0.2, 0.25) is 5.02 Å². The average molecular weight is 301 g/mol. The molecular weight excluding hydrogens is 291 g/mol. The first-order chi connectivity index (χ1) is 8.20. The Bertz CT molecular complexity index is 509. The van der Waals surface area contributed by atoms with Crippen LogP contribution in [0.1, 0.15) is 10.4 Å². The average Bonchev–Trinajstić information content (AvgIpc) is 2.77. The standard InChI is InChI=1S/C12H10ClOPS2/c1-15(11-4-2-10(13)3-5-11)17-12-8-16-7-9(12)6-14/h2-8H,1H3. The first kappa shape index (κ1) is 13.1. The summed E-state index contributed by atoms with van der Waals surface area (Å²) < 4.78 is 0. The smallest absolute Gasteiger partial charge is 0.152 e. The van der Waals surface area contributed by atoms with Gasteiger partial charge in [0, 0.05) is 26.2 Å². The number of carbonyl (C=O) groups is 1. The van der Waals surface area contributed by atoms with Crippen LogP contribution in [0.3, 0.4) is 0 Å². The number of carbonyl (C=O) groups excluding carboxylic acids is 1. The van der Waals surface area contributed by atoms with Crippen molar-refractivity contribution in [3.63, 3.8) is 0 Å². The number of aldehydes is 1. The van der Waals surface area contributed by atoms with Gasteiger partial charge in [-0.2, -0.15) is 11.3 Å². The molecule has 17 heavy (non-hydrogen) atoms. The lowest BCUT2D eigenvalue weighted by Gasteiger charge is -2.11. The molecule has 0 aliphatic carbocycles. The van der Waals surface area contributed by atoms with Crippen LogP contribution in [0, 0.1) is 0 Å². The molecule has 1 aromatic heterocycles. The summed E-state index contributed by atoms with van der Waals surface area (Å²) in [6, 6.07) is 7.91. The molecule has 0 radical (unpaired) electrons. The summed E-state index contributed by atoms with van der Waals surface area (Å²) in [5.74, 6) is 0. The molecule has 1 unspecified atom stereocenters. The van der Waals surface area contributed by atoms with Crippen LogP contribution < -0.4 is 5.30 Å². The van der Waals surface area contributed by atoms with E-state index in [-0.39, 0.29) is 7.12 Å². The van der Waals surface area contributed by atoms with Crippen molar-refractivity contribution >= 4 is 53.0 Å². The van der Waals surface area contributed by atoms with Gasteiger partial charge in [0.05, 0.1) is 0 Å². The minimum atomic E-state index is -0.355. The van der Waals surface area contributed by atoms with Gasteiger partial charge in [-0.05, 0) is 31.2 Å². The zero-order valence-electron chi connectivity index (χ0n) is 9.09. The molecule has 88 valence electrons. The second-order valence-corrected chi connectivity index (χ2v) is 8.88. The van der Waals surface area contributed by atoms with Crippen LogP contribution in [-0.4, -0.2) is 13.0 Å². The van der Waals surface area contributed by atoms with E-state index >= 15 is 0 Å². The zero-order chi connectivity index (χ0) is 12.3. The molecule has 2 aromatic rings. The van der Waals surface area contributed by atoms with E-state index in [1.165, 1.54) is 5.30 Å².